The fourth-order valence-corrected chi connectivity index (χ4v) is 3.98. The topological polar surface area (TPSA) is 58.3 Å². The number of guanidine groups is 1. The first-order valence-electron chi connectivity index (χ1n) is 9.55. The Kier molecular flexibility index (Phi) is 8.07. The molecule has 1 N–H and O–H groups in total. The van der Waals surface area contributed by atoms with Gasteiger partial charge in [-0.15, -0.1) is 34.2 Å². The summed E-state index contributed by atoms with van der Waals surface area (Å²) < 4.78 is 2.01. The van der Waals surface area contributed by atoms with Gasteiger partial charge in [-0.2, -0.15) is 0 Å². The van der Waals surface area contributed by atoms with E-state index in [2.05, 4.69) is 51.4 Å². The van der Waals surface area contributed by atoms with Crippen molar-refractivity contribution < 1.29 is 0 Å². The first-order valence-corrected chi connectivity index (χ1v) is 9.55. The Bertz CT molecular complexity index is 725. The first-order chi connectivity index (χ1) is 12.6. The summed E-state index contributed by atoms with van der Waals surface area (Å²) in [6.45, 7) is 7.40. The maximum atomic E-state index is 4.51. The number of halogens is 1. The highest BCUT2D eigenvalue weighted by molar-refractivity contribution is 14.0. The Morgan fingerprint density at radius 3 is 2.78 bits per heavy atom. The highest BCUT2D eigenvalue weighted by atomic mass is 127. The van der Waals surface area contributed by atoms with E-state index in [0.29, 0.717) is 12.0 Å². The molecule has 3 rings (SSSR count). The van der Waals surface area contributed by atoms with Gasteiger partial charge >= 0.3 is 0 Å². The molecule has 1 fully saturated rings. The van der Waals surface area contributed by atoms with E-state index in [0.717, 1.165) is 30.6 Å². The lowest BCUT2D eigenvalue weighted by atomic mass is 9.78. The number of para-hydroxylation sites is 1. The molecule has 148 valence electrons. The third-order valence-corrected chi connectivity index (χ3v) is 5.20. The van der Waals surface area contributed by atoms with Crippen molar-refractivity contribution in [2.75, 3.05) is 20.1 Å². The molecule has 1 saturated heterocycles. The summed E-state index contributed by atoms with van der Waals surface area (Å²) in [4.78, 5) is 6.90. The zero-order chi connectivity index (χ0) is 18.4. The van der Waals surface area contributed by atoms with Crippen molar-refractivity contribution in [2.45, 2.75) is 46.1 Å². The molecular formula is C20H31IN6. The fraction of sp³-hybridized carbons (Fsp3) is 0.550. The van der Waals surface area contributed by atoms with Crippen LogP contribution >= 0.6 is 24.0 Å². The number of nitrogens with zero attached hydrogens (tertiary/aromatic N) is 5. The second-order valence-electron chi connectivity index (χ2n) is 7.44. The Morgan fingerprint density at radius 1 is 1.30 bits per heavy atom. The lowest BCUT2D eigenvalue weighted by molar-refractivity contribution is 0.142. The lowest BCUT2D eigenvalue weighted by Crippen LogP contribution is -2.49. The number of benzene rings is 1. The molecule has 0 spiro atoms. The zero-order valence-corrected chi connectivity index (χ0v) is 18.9. The van der Waals surface area contributed by atoms with Gasteiger partial charge in [-0.05, 0) is 36.8 Å². The van der Waals surface area contributed by atoms with Gasteiger partial charge in [-0.1, -0.05) is 38.5 Å². The van der Waals surface area contributed by atoms with E-state index in [1.807, 2.05) is 29.8 Å². The minimum Gasteiger partial charge on any atom is -0.349 e. The maximum Gasteiger partial charge on any atom is 0.194 e. The number of likely N-dealkylation sites (tertiary alicyclic amines) is 1. The van der Waals surface area contributed by atoms with Crippen LogP contribution in [-0.2, 0) is 6.54 Å². The molecule has 0 aliphatic carbocycles. The fourth-order valence-electron chi connectivity index (χ4n) is 3.98. The van der Waals surface area contributed by atoms with E-state index in [4.69, 9.17) is 0 Å². The van der Waals surface area contributed by atoms with Gasteiger partial charge in [0.05, 0.1) is 6.54 Å². The van der Waals surface area contributed by atoms with E-state index >= 15 is 0 Å². The van der Waals surface area contributed by atoms with Gasteiger partial charge < -0.3 is 10.2 Å². The number of rotatable bonds is 5. The predicted octanol–water partition coefficient (Wildman–Crippen LogP) is 3.86. The Labute approximate surface area is 179 Å². The van der Waals surface area contributed by atoms with Crippen molar-refractivity contribution in [3.8, 4) is 5.69 Å². The maximum absolute atomic E-state index is 4.51. The van der Waals surface area contributed by atoms with E-state index in [1.165, 1.54) is 25.7 Å². The van der Waals surface area contributed by atoms with E-state index < -0.39 is 0 Å². The third kappa shape index (κ3) is 5.43. The smallest absolute Gasteiger partial charge is 0.194 e. The van der Waals surface area contributed by atoms with Crippen LogP contribution in [0.5, 0.6) is 0 Å². The van der Waals surface area contributed by atoms with Crippen LogP contribution in [0.2, 0.25) is 0 Å². The third-order valence-electron chi connectivity index (χ3n) is 5.20. The molecule has 0 saturated carbocycles. The first kappa shape index (κ1) is 21.7. The van der Waals surface area contributed by atoms with Crippen molar-refractivity contribution in [3.05, 3.63) is 42.5 Å². The van der Waals surface area contributed by atoms with Crippen LogP contribution < -0.4 is 5.32 Å². The molecule has 2 aromatic rings. The summed E-state index contributed by atoms with van der Waals surface area (Å²) in [6.07, 6.45) is 6.78. The van der Waals surface area contributed by atoms with Gasteiger partial charge in [0, 0.05) is 25.8 Å². The molecule has 1 aromatic carbocycles. The molecule has 6 nitrogen and oxygen atoms in total. The SMILES string of the molecule is CCCC1(C)CCCN(C(=NC)NCc2nncn2-c2ccccc2)C1.I. The monoisotopic (exact) mass is 482 g/mol. The van der Waals surface area contributed by atoms with Crippen LogP contribution in [0, 0.1) is 5.41 Å². The Hall–Kier alpha value is -1.64. The summed E-state index contributed by atoms with van der Waals surface area (Å²) in [5.74, 6) is 1.83. The van der Waals surface area contributed by atoms with Crippen LogP contribution in [0.15, 0.2) is 41.7 Å². The number of hydrogen-bond donors (Lipinski definition) is 1. The summed E-state index contributed by atoms with van der Waals surface area (Å²) in [7, 11) is 1.86. The predicted molar refractivity (Wildman–Crippen MR) is 121 cm³/mol. The normalized spacial score (nSPS) is 20.3. The largest absolute Gasteiger partial charge is 0.349 e. The standard InChI is InChI=1S/C20H30N6.HI/c1-4-11-20(2)12-8-13-25(15-20)19(21-3)22-14-18-24-23-16-26(18)17-9-6-5-7-10-17;/h5-7,9-10,16H,4,8,11-15H2,1-3H3,(H,21,22);1H. The van der Waals surface area contributed by atoms with E-state index in [9.17, 15) is 0 Å². The van der Waals surface area contributed by atoms with Crippen LogP contribution in [0.4, 0.5) is 0 Å². The average Bonchev–Trinajstić information content (AvgIpc) is 3.12. The summed E-state index contributed by atoms with van der Waals surface area (Å²) in [5, 5.41) is 11.8. The second-order valence-corrected chi connectivity index (χ2v) is 7.44. The van der Waals surface area contributed by atoms with Gasteiger partial charge in [0.25, 0.3) is 0 Å². The van der Waals surface area contributed by atoms with Crippen molar-refractivity contribution in [2.24, 2.45) is 10.4 Å². The summed E-state index contributed by atoms with van der Waals surface area (Å²) in [6, 6.07) is 10.2. The number of nitrogens with one attached hydrogen (secondary N) is 1. The molecule has 0 radical (unpaired) electrons. The van der Waals surface area contributed by atoms with Crippen LogP contribution in [0.3, 0.4) is 0 Å². The molecule has 1 aliphatic heterocycles. The minimum absolute atomic E-state index is 0. The van der Waals surface area contributed by atoms with Crippen LogP contribution in [0.25, 0.3) is 5.69 Å². The molecule has 2 heterocycles. The highest BCUT2D eigenvalue weighted by Crippen LogP contribution is 2.33. The van der Waals surface area contributed by atoms with Gasteiger partial charge in [0.2, 0.25) is 0 Å². The van der Waals surface area contributed by atoms with Gasteiger partial charge in [-0.3, -0.25) is 9.56 Å². The molecular weight excluding hydrogens is 451 g/mol. The van der Waals surface area contributed by atoms with Gasteiger partial charge in [0.15, 0.2) is 11.8 Å². The Balaban J connectivity index is 0.00000261. The number of aromatic nitrogens is 3. The molecule has 1 atom stereocenters. The quantitative estimate of drug-likeness (QED) is 0.400. The molecule has 0 bridgehead atoms. The van der Waals surface area contributed by atoms with Crippen LogP contribution in [0.1, 0.15) is 45.4 Å². The number of piperidine rings is 1. The average molecular weight is 482 g/mol. The van der Waals surface area contributed by atoms with Crippen molar-refractivity contribution in [1.29, 1.82) is 0 Å². The number of aliphatic imine (C=N–C) groups is 1. The molecule has 27 heavy (non-hydrogen) atoms. The van der Waals surface area contributed by atoms with E-state index in [-0.39, 0.29) is 24.0 Å². The Morgan fingerprint density at radius 2 is 2.07 bits per heavy atom. The van der Waals surface area contributed by atoms with Crippen LogP contribution in [-0.4, -0.2) is 45.8 Å². The number of hydrogen-bond acceptors (Lipinski definition) is 3. The molecule has 1 aliphatic rings. The van der Waals surface area contributed by atoms with Crippen molar-refractivity contribution in [3.63, 3.8) is 0 Å². The molecule has 0 amide bonds. The van der Waals surface area contributed by atoms with Crippen molar-refractivity contribution >= 4 is 29.9 Å². The molecule has 1 aromatic heterocycles. The molecule has 1 unspecified atom stereocenters. The summed E-state index contributed by atoms with van der Waals surface area (Å²) >= 11 is 0. The van der Waals surface area contributed by atoms with E-state index in [1.54, 1.807) is 6.33 Å². The van der Waals surface area contributed by atoms with Gasteiger partial charge in [-0.25, -0.2) is 0 Å². The minimum atomic E-state index is 0. The zero-order valence-electron chi connectivity index (χ0n) is 16.6. The second kappa shape index (κ2) is 10.1. The van der Waals surface area contributed by atoms with Crippen molar-refractivity contribution in [1.82, 2.24) is 25.0 Å². The van der Waals surface area contributed by atoms with Gasteiger partial charge in [0.1, 0.15) is 6.33 Å². The lowest BCUT2D eigenvalue weighted by Gasteiger charge is -2.42. The summed E-state index contributed by atoms with van der Waals surface area (Å²) in [5.41, 5.74) is 1.45. The highest BCUT2D eigenvalue weighted by Gasteiger charge is 2.31. The molecule has 7 heteroatoms.